The maximum absolute atomic E-state index is 14.0. The number of halogens is 4. The van der Waals surface area contributed by atoms with Gasteiger partial charge >= 0.3 is 6.18 Å². The van der Waals surface area contributed by atoms with Gasteiger partial charge in [-0.2, -0.15) is 18.6 Å². The SMILES string of the molecule is COc1ccc(-c2c(Cl)cc(C3(N)N=C(N)NN3)cc2C(F)(F)F)cc1OC(C)C. The second kappa shape index (κ2) is 7.86. The van der Waals surface area contributed by atoms with Gasteiger partial charge in [0.25, 0.3) is 0 Å². The fraction of sp³-hybridized carbons (Fsp3) is 0.316. The van der Waals surface area contributed by atoms with E-state index < -0.39 is 17.5 Å². The van der Waals surface area contributed by atoms with Gasteiger partial charge in [0.05, 0.1) is 18.8 Å². The van der Waals surface area contributed by atoms with Gasteiger partial charge in [-0.05, 0) is 43.7 Å². The van der Waals surface area contributed by atoms with Crippen LogP contribution in [-0.4, -0.2) is 19.2 Å². The Balaban J connectivity index is 2.21. The zero-order chi connectivity index (χ0) is 22.3. The van der Waals surface area contributed by atoms with Crippen molar-refractivity contribution in [2.75, 3.05) is 7.11 Å². The summed E-state index contributed by atoms with van der Waals surface area (Å²) < 4.78 is 52.9. The lowest BCUT2D eigenvalue weighted by atomic mass is 9.94. The van der Waals surface area contributed by atoms with Crippen molar-refractivity contribution in [3.8, 4) is 22.6 Å². The van der Waals surface area contributed by atoms with Gasteiger partial charge < -0.3 is 15.2 Å². The predicted octanol–water partition coefficient (Wildman–Crippen LogP) is 3.31. The van der Waals surface area contributed by atoms with Crippen LogP contribution in [0.15, 0.2) is 35.3 Å². The predicted molar refractivity (Wildman–Crippen MR) is 108 cm³/mol. The van der Waals surface area contributed by atoms with E-state index in [1.165, 1.54) is 31.4 Å². The van der Waals surface area contributed by atoms with E-state index in [-0.39, 0.29) is 33.8 Å². The lowest BCUT2D eigenvalue weighted by Gasteiger charge is -2.24. The van der Waals surface area contributed by atoms with Crippen molar-refractivity contribution in [3.05, 3.63) is 46.5 Å². The van der Waals surface area contributed by atoms with Gasteiger partial charge in [-0.25, -0.2) is 4.99 Å². The standard InChI is InChI=1S/C19H21ClF3N5O2/c1-9(2)30-15-6-10(4-5-14(15)29-3)16-12(18(21,22)23)7-11(8-13(16)20)19(25)26-17(24)27-28-19/h4-9,28H,25H2,1-3H3,(H3,24,26,27). The molecule has 162 valence electrons. The summed E-state index contributed by atoms with van der Waals surface area (Å²) in [7, 11) is 1.45. The van der Waals surface area contributed by atoms with E-state index in [0.29, 0.717) is 11.5 Å². The van der Waals surface area contributed by atoms with Crippen molar-refractivity contribution in [2.24, 2.45) is 16.5 Å². The summed E-state index contributed by atoms with van der Waals surface area (Å²) in [6, 6.07) is 6.67. The number of guanidine groups is 1. The molecule has 1 aliphatic rings. The molecule has 1 unspecified atom stereocenters. The van der Waals surface area contributed by atoms with Gasteiger partial charge in [-0.3, -0.25) is 11.2 Å². The summed E-state index contributed by atoms with van der Waals surface area (Å²) in [5.74, 6) is -1.07. The Labute approximate surface area is 176 Å². The van der Waals surface area contributed by atoms with Crippen molar-refractivity contribution in [1.82, 2.24) is 10.9 Å². The number of ether oxygens (including phenoxy) is 2. The maximum atomic E-state index is 14.0. The molecule has 0 aliphatic carbocycles. The molecule has 1 heterocycles. The third-order valence-electron chi connectivity index (χ3n) is 4.33. The van der Waals surface area contributed by atoms with Gasteiger partial charge in [-0.1, -0.05) is 17.7 Å². The Hall–Kier alpha value is -2.69. The Morgan fingerprint density at radius 3 is 2.40 bits per heavy atom. The van der Waals surface area contributed by atoms with Crippen molar-refractivity contribution in [3.63, 3.8) is 0 Å². The number of benzene rings is 2. The van der Waals surface area contributed by atoms with Crippen molar-refractivity contribution < 1.29 is 22.6 Å². The molecule has 7 nitrogen and oxygen atoms in total. The first-order valence-electron chi connectivity index (χ1n) is 8.88. The second-order valence-corrected chi connectivity index (χ2v) is 7.33. The molecule has 3 rings (SSSR count). The van der Waals surface area contributed by atoms with Crippen LogP contribution < -0.4 is 31.8 Å². The van der Waals surface area contributed by atoms with E-state index in [4.69, 9.17) is 32.5 Å². The van der Waals surface area contributed by atoms with Crippen LogP contribution in [-0.2, 0) is 12.0 Å². The molecular weight excluding hydrogens is 423 g/mol. The monoisotopic (exact) mass is 443 g/mol. The highest BCUT2D eigenvalue weighted by molar-refractivity contribution is 6.33. The molecule has 1 atom stereocenters. The molecule has 11 heteroatoms. The number of methoxy groups -OCH3 is 1. The van der Waals surface area contributed by atoms with Gasteiger partial charge in [0, 0.05) is 16.1 Å². The molecule has 0 saturated heterocycles. The van der Waals surface area contributed by atoms with Crippen LogP contribution in [0, 0.1) is 0 Å². The van der Waals surface area contributed by atoms with Crippen LogP contribution in [0.5, 0.6) is 11.5 Å². The van der Waals surface area contributed by atoms with Gasteiger partial charge in [0.1, 0.15) is 0 Å². The van der Waals surface area contributed by atoms with E-state index in [9.17, 15) is 13.2 Å². The lowest BCUT2D eigenvalue weighted by Crippen LogP contribution is -2.50. The summed E-state index contributed by atoms with van der Waals surface area (Å²) >= 11 is 6.33. The second-order valence-electron chi connectivity index (χ2n) is 6.92. The molecule has 0 fully saturated rings. The van der Waals surface area contributed by atoms with Gasteiger partial charge in [0.15, 0.2) is 11.5 Å². The minimum absolute atomic E-state index is 0.0105. The molecule has 2 aromatic carbocycles. The van der Waals surface area contributed by atoms with E-state index in [0.717, 1.165) is 6.07 Å². The number of nitrogens with zero attached hydrogens (tertiary/aromatic N) is 1. The quantitative estimate of drug-likeness (QED) is 0.565. The number of nitrogens with two attached hydrogens (primary N) is 2. The van der Waals surface area contributed by atoms with Crippen LogP contribution >= 0.6 is 11.6 Å². The van der Waals surface area contributed by atoms with E-state index in [1.54, 1.807) is 13.8 Å². The largest absolute Gasteiger partial charge is 0.493 e. The zero-order valence-electron chi connectivity index (χ0n) is 16.4. The van der Waals surface area contributed by atoms with Crippen LogP contribution in [0.3, 0.4) is 0 Å². The summed E-state index contributed by atoms with van der Waals surface area (Å²) in [6.07, 6.45) is -4.93. The Bertz CT molecular complexity index is 997. The smallest absolute Gasteiger partial charge is 0.417 e. The van der Waals surface area contributed by atoms with Gasteiger partial charge in [-0.15, -0.1) is 0 Å². The zero-order valence-corrected chi connectivity index (χ0v) is 17.2. The maximum Gasteiger partial charge on any atom is 0.417 e. The molecule has 30 heavy (non-hydrogen) atoms. The van der Waals surface area contributed by atoms with Crippen LogP contribution in [0.25, 0.3) is 11.1 Å². The number of hydrazine groups is 1. The van der Waals surface area contributed by atoms with Crippen molar-refractivity contribution in [1.29, 1.82) is 0 Å². The molecule has 0 aromatic heterocycles. The van der Waals surface area contributed by atoms with E-state index >= 15 is 0 Å². The first-order valence-corrected chi connectivity index (χ1v) is 9.26. The summed E-state index contributed by atoms with van der Waals surface area (Å²) in [4.78, 5) is 3.91. The molecule has 6 N–H and O–H groups in total. The van der Waals surface area contributed by atoms with Crippen molar-refractivity contribution in [2.45, 2.75) is 31.9 Å². The summed E-state index contributed by atoms with van der Waals surface area (Å²) in [5.41, 5.74) is 15.6. The molecule has 0 radical (unpaired) electrons. The van der Waals surface area contributed by atoms with Crippen LogP contribution in [0.2, 0.25) is 5.02 Å². The Morgan fingerprint density at radius 1 is 1.17 bits per heavy atom. The van der Waals surface area contributed by atoms with Crippen LogP contribution in [0.4, 0.5) is 13.2 Å². The third-order valence-corrected chi connectivity index (χ3v) is 4.63. The fourth-order valence-corrected chi connectivity index (χ4v) is 3.39. The molecule has 1 aliphatic heterocycles. The molecule has 0 amide bonds. The third kappa shape index (κ3) is 4.25. The number of alkyl halides is 3. The summed E-state index contributed by atoms with van der Waals surface area (Å²) in [6.45, 7) is 3.59. The first-order chi connectivity index (χ1) is 13.9. The number of hydrogen-bond donors (Lipinski definition) is 4. The van der Waals surface area contributed by atoms with Crippen LogP contribution in [0.1, 0.15) is 25.0 Å². The lowest BCUT2D eigenvalue weighted by molar-refractivity contribution is -0.137. The highest BCUT2D eigenvalue weighted by Crippen LogP contribution is 2.45. The molecular formula is C19H21ClF3N5O2. The molecule has 0 spiro atoms. The fourth-order valence-electron chi connectivity index (χ4n) is 3.06. The number of hydrogen-bond acceptors (Lipinski definition) is 7. The van der Waals surface area contributed by atoms with E-state index in [1.807, 2.05) is 0 Å². The number of aliphatic imine (C=N–C) groups is 1. The Kier molecular flexibility index (Phi) is 5.76. The normalized spacial score (nSPS) is 18.9. The number of rotatable bonds is 5. The number of nitrogens with one attached hydrogen (secondary N) is 2. The molecule has 2 aromatic rings. The topological polar surface area (TPSA) is 107 Å². The highest BCUT2D eigenvalue weighted by atomic mass is 35.5. The Morgan fingerprint density at radius 2 is 1.87 bits per heavy atom. The first kappa shape index (κ1) is 22.0. The highest BCUT2D eigenvalue weighted by Gasteiger charge is 2.39. The van der Waals surface area contributed by atoms with Crippen molar-refractivity contribution >= 4 is 17.6 Å². The average molecular weight is 444 g/mol. The van der Waals surface area contributed by atoms with Gasteiger partial charge in [0.2, 0.25) is 11.7 Å². The summed E-state index contributed by atoms with van der Waals surface area (Å²) in [5, 5.41) is -0.159. The minimum Gasteiger partial charge on any atom is -0.493 e. The molecule has 0 saturated carbocycles. The molecule has 0 bridgehead atoms. The average Bonchev–Trinajstić information content (AvgIpc) is 3.00. The van der Waals surface area contributed by atoms with E-state index in [2.05, 4.69) is 15.8 Å². The minimum atomic E-state index is -4.72.